The first-order valence-corrected chi connectivity index (χ1v) is 9.52. The van der Waals surface area contributed by atoms with Crippen molar-refractivity contribution in [1.29, 1.82) is 0 Å². The van der Waals surface area contributed by atoms with Gasteiger partial charge in [-0.25, -0.2) is 4.98 Å². The van der Waals surface area contributed by atoms with Crippen LogP contribution in [0.2, 0.25) is 0 Å². The highest BCUT2D eigenvalue weighted by Crippen LogP contribution is 2.28. The van der Waals surface area contributed by atoms with E-state index in [4.69, 9.17) is 4.74 Å². The Morgan fingerprint density at radius 1 is 1.30 bits per heavy atom. The first kappa shape index (κ1) is 16.4. The van der Waals surface area contributed by atoms with Crippen LogP contribution in [-0.4, -0.2) is 27.5 Å². The van der Waals surface area contributed by atoms with Crippen LogP contribution >= 0.6 is 11.8 Å². The average Bonchev–Trinajstić information content (AvgIpc) is 3.21. The molecule has 4 nitrogen and oxygen atoms in total. The molecule has 0 saturated heterocycles. The Labute approximate surface area is 142 Å². The van der Waals surface area contributed by atoms with E-state index in [0.717, 1.165) is 34.8 Å². The number of ether oxygens (including phenoxy) is 1. The molecule has 5 heteroatoms. The molecule has 1 aromatic carbocycles. The molecule has 1 N–H and O–H groups in total. The number of thioether (sulfide) groups is 1. The molecule has 124 valence electrons. The molecule has 1 aliphatic carbocycles. The standard InChI is InChI=1S/C18H25N3OS/c1-14-5-4-8-16(13-14)22-11-12-23-18-19-17(20-21-18)10-9-15-6-2-3-7-15/h4-5,8,13,15H,2-3,6-7,9-12H2,1H3,(H,19,20,21). The van der Waals surface area contributed by atoms with E-state index < -0.39 is 0 Å². The summed E-state index contributed by atoms with van der Waals surface area (Å²) in [5, 5.41) is 8.20. The lowest BCUT2D eigenvalue weighted by Crippen LogP contribution is -2.00. The maximum atomic E-state index is 5.74. The molecule has 1 fully saturated rings. The second kappa shape index (κ2) is 8.39. The van der Waals surface area contributed by atoms with Gasteiger partial charge < -0.3 is 4.74 Å². The molecule has 0 radical (unpaired) electrons. The van der Waals surface area contributed by atoms with Crippen LogP contribution in [0.15, 0.2) is 29.4 Å². The average molecular weight is 331 g/mol. The topological polar surface area (TPSA) is 50.8 Å². The van der Waals surface area contributed by atoms with E-state index in [9.17, 15) is 0 Å². The van der Waals surface area contributed by atoms with Crippen LogP contribution in [0.3, 0.4) is 0 Å². The summed E-state index contributed by atoms with van der Waals surface area (Å²) in [6.45, 7) is 2.74. The van der Waals surface area contributed by atoms with E-state index in [2.05, 4.69) is 34.2 Å². The van der Waals surface area contributed by atoms with E-state index in [0.29, 0.717) is 6.61 Å². The summed E-state index contributed by atoms with van der Waals surface area (Å²) in [5.74, 6) is 3.71. The largest absolute Gasteiger partial charge is 0.493 e. The summed E-state index contributed by atoms with van der Waals surface area (Å²) >= 11 is 1.64. The van der Waals surface area contributed by atoms with Gasteiger partial charge in [0, 0.05) is 12.2 Å². The van der Waals surface area contributed by atoms with Gasteiger partial charge in [0.1, 0.15) is 11.6 Å². The molecule has 0 aliphatic heterocycles. The van der Waals surface area contributed by atoms with Gasteiger partial charge in [-0.1, -0.05) is 49.6 Å². The zero-order valence-corrected chi connectivity index (χ0v) is 14.6. The summed E-state index contributed by atoms with van der Waals surface area (Å²) < 4.78 is 5.74. The van der Waals surface area contributed by atoms with Crippen molar-refractivity contribution in [2.24, 2.45) is 5.92 Å². The fourth-order valence-electron chi connectivity index (χ4n) is 3.09. The van der Waals surface area contributed by atoms with Gasteiger partial charge in [-0.15, -0.1) is 5.10 Å². The smallest absolute Gasteiger partial charge is 0.208 e. The minimum atomic E-state index is 0.667. The van der Waals surface area contributed by atoms with Gasteiger partial charge in [-0.05, 0) is 37.0 Å². The monoisotopic (exact) mass is 331 g/mol. The lowest BCUT2D eigenvalue weighted by Gasteiger charge is -2.05. The van der Waals surface area contributed by atoms with Crippen LogP contribution in [-0.2, 0) is 6.42 Å². The molecule has 0 unspecified atom stereocenters. The van der Waals surface area contributed by atoms with E-state index in [1.807, 2.05) is 12.1 Å². The van der Waals surface area contributed by atoms with Crippen molar-refractivity contribution in [3.63, 3.8) is 0 Å². The highest BCUT2D eigenvalue weighted by atomic mass is 32.2. The zero-order chi connectivity index (χ0) is 15.9. The number of aryl methyl sites for hydroxylation is 2. The predicted molar refractivity (Wildman–Crippen MR) is 94.1 cm³/mol. The van der Waals surface area contributed by atoms with E-state index in [1.54, 1.807) is 11.8 Å². The van der Waals surface area contributed by atoms with Crippen molar-refractivity contribution in [1.82, 2.24) is 15.2 Å². The molecule has 1 aromatic heterocycles. The molecule has 1 heterocycles. The number of aromatic nitrogens is 3. The Morgan fingerprint density at radius 3 is 3.00 bits per heavy atom. The number of H-pyrrole nitrogens is 1. The zero-order valence-electron chi connectivity index (χ0n) is 13.8. The van der Waals surface area contributed by atoms with Crippen LogP contribution in [0.4, 0.5) is 0 Å². The van der Waals surface area contributed by atoms with E-state index in [1.165, 1.54) is 37.7 Å². The highest BCUT2D eigenvalue weighted by Gasteiger charge is 2.15. The maximum absolute atomic E-state index is 5.74. The Morgan fingerprint density at radius 2 is 2.17 bits per heavy atom. The highest BCUT2D eigenvalue weighted by molar-refractivity contribution is 7.99. The van der Waals surface area contributed by atoms with Crippen molar-refractivity contribution >= 4 is 11.8 Å². The number of hydrogen-bond donors (Lipinski definition) is 1. The molecule has 1 saturated carbocycles. The van der Waals surface area contributed by atoms with Crippen LogP contribution < -0.4 is 4.74 Å². The quantitative estimate of drug-likeness (QED) is 0.575. The van der Waals surface area contributed by atoms with Gasteiger partial charge >= 0.3 is 0 Å². The first-order chi connectivity index (χ1) is 11.3. The molecular formula is C18H25N3OS. The normalized spacial score (nSPS) is 15.2. The Balaban J connectivity index is 1.35. The Hall–Kier alpha value is -1.49. The fraction of sp³-hybridized carbons (Fsp3) is 0.556. The summed E-state index contributed by atoms with van der Waals surface area (Å²) in [6, 6.07) is 8.14. The Kier molecular flexibility index (Phi) is 5.97. The van der Waals surface area contributed by atoms with Crippen LogP contribution in [0.25, 0.3) is 0 Å². The lowest BCUT2D eigenvalue weighted by molar-refractivity contribution is 0.343. The van der Waals surface area contributed by atoms with Crippen molar-refractivity contribution in [3.8, 4) is 5.75 Å². The number of benzene rings is 1. The molecule has 1 aliphatic rings. The van der Waals surface area contributed by atoms with E-state index >= 15 is 0 Å². The molecule has 0 spiro atoms. The van der Waals surface area contributed by atoms with Gasteiger partial charge in [0.15, 0.2) is 0 Å². The van der Waals surface area contributed by atoms with Crippen molar-refractivity contribution in [3.05, 3.63) is 35.7 Å². The first-order valence-electron chi connectivity index (χ1n) is 8.53. The molecule has 0 atom stereocenters. The molecule has 3 rings (SSSR count). The van der Waals surface area contributed by atoms with Crippen LogP contribution in [0.5, 0.6) is 5.75 Å². The van der Waals surface area contributed by atoms with Crippen LogP contribution in [0, 0.1) is 12.8 Å². The minimum absolute atomic E-state index is 0.667. The molecular weight excluding hydrogens is 306 g/mol. The van der Waals surface area contributed by atoms with Gasteiger partial charge in [0.25, 0.3) is 0 Å². The number of aromatic amines is 1. The molecule has 2 aromatic rings. The molecule has 0 amide bonds. The summed E-state index contributed by atoms with van der Waals surface area (Å²) in [7, 11) is 0. The summed E-state index contributed by atoms with van der Waals surface area (Å²) in [4.78, 5) is 4.57. The van der Waals surface area contributed by atoms with Crippen LogP contribution in [0.1, 0.15) is 43.5 Å². The SMILES string of the molecule is Cc1cccc(OCCSc2n[nH]c(CCC3CCCC3)n2)c1. The third-order valence-corrected chi connectivity index (χ3v) is 5.16. The van der Waals surface area contributed by atoms with Gasteiger partial charge in [-0.2, -0.15) is 0 Å². The number of hydrogen-bond acceptors (Lipinski definition) is 4. The number of nitrogens with zero attached hydrogens (tertiary/aromatic N) is 2. The van der Waals surface area contributed by atoms with E-state index in [-0.39, 0.29) is 0 Å². The summed E-state index contributed by atoms with van der Waals surface area (Å²) in [5.41, 5.74) is 1.22. The van der Waals surface area contributed by atoms with Crippen molar-refractivity contribution in [2.75, 3.05) is 12.4 Å². The second-order valence-electron chi connectivity index (χ2n) is 6.27. The molecule has 0 bridgehead atoms. The van der Waals surface area contributed by atoms with Gasteiger partial charge in [0.05, 0.1) is 6.61 Å². The predicted octanol–water partition coefficient (Wildman–Crippen LogP) is 4.41. The van der Waals surface area contributed by atoms with Gasteiger partial charge in [-0.3, -0.25) is 5.10 Å². The Bertz CT molecular complexity index is 608. The number of rotatable bonds is 8. The third-order valence-electron chi connectivity index (χ3n) is 4.35. The number of nitrogens with one attached hydrogen (secondary N) is 1. The second-order valence-corrected chi connectivity index (χ2v) is 7.33. The molecule has 23 heavy (non-hydrogen) atoms. The maximum Gasteiger partial charge on any atom is 0.208 e. The lowest BCUT2D eigenvalue weighted by atomic mass is 10.0. The van der Waals surface area contributed by atoms with Gasteiger partial charge in [0.2, 0.25) is 5.16 Å². The van der Waals surface area contributed by atoms with Crippen molar-refractivity contribution < 1.29 is 4.74 Å². The minimum Gasteiger partial charge on any atom is -0.493 e. The third kappa shape index (κ3) is 5.27. The van der Waals surface area contributed by atoms with Crippen molar-refractivity contribution in [2.45, 2.75) is 50.6 Å². The summed E-state index contributed by atoms with van der Waals surface area (Å²) in [6.07, 6.45) is 7.87. The fourth-order valence-corrected chi connectivity index (χ4v) is 3.73.